The summed E-state index contributed by atoms with van der Waals surface area (Å²) in [4.78, 5) is 24.0. The van der Waals surface area contributed by atoms with Crippen molar-refractivity contribution < 1.29 is 9.18 Å². The fraction of sp³-hybridized carbons (Fsp3) is 0.400. The van der Waals surface area contributed by atoms with E-state index >= 15 is 0 Å². The Morgan fingerprint density at radius 1 is 1.54 bits per heavy atom. The molecule has 0 spiro atoms. The largest absolute Gasteiger partial charge is 0.343 e. The Morgan fingerprint density at radius 3 is 2.96 bits per heavy atom. The van der Waals surface area contributed by atoms with Crippen LogP contribution >= 0.6 is 23.4 Å². The molecule has 1 amide bonds. The zero-order valence-corrected chi connectivity index (χ0v) is 14.9. The number of hydrogen-bond acceptors (Lipinski definition) is 4. The summed E-state index contributed by atoms with van der Waals surface area (Å²) in [6, 6.07) is 3.96. The van der Waals surface area contributed by atoms with Gasteiger partial charge in [0.1, 0.15) is 5.82 Å². The minimum atomic E-state index is -0.548. The molecule has 2 N–H and O–H groups in total. The molecule has 2 aromatic rings. The third kappa shape index (κ3) is 4.61. The number of nitrogens with one attached hydrogen (secondary N) is 2. The van der Waals surface area contributed by atoms with Crippen LogP contribution in [0.4, 0.5) is 10.1 Å². The number of unbranched alkanes of at least 4 members (excludes halogenated alkanes) is 1. The molecular formula is C15H18ClFN4O2S. The molecule has 9 heteroatoms. The molecule has 0 fully saturated rings. The van der Waals surface area contributed by atoms with Crippen molar-refractivity contribution >= 4 is 35.0 Å². The molecule has 0 aliphatic carbocycles. The van der Waals surface area contributed by atoms with Gasteiger partial charge in [-0.1, -0.05) is 36.7 Å². The van der Waals surface area contributed by atoms with Gasteiger partial charge in [0.15, 0.2) is 5.16 Å². The number of aromatic amines is 1. The molecule has 1 aromatic heterocycles. The van der Waals surface area contributed by atoms with Gasteiger partial charge in [-0.25, -0.2) is 14.3 Å². The van der Waals surface area contributed by atoms with Crippen LogP contribution in [-0.2, 0) is 11.3 Å². The van der Waals surface area contributed by atoms with Crippen molar-refractivity contribution in [1.29, 1.82) is 0 Å². The summed E-state index contributed by atoms with van der Waals surface area (Å²) < 4.78 is 14.7. The van der Waals surface area contributed by atoms with Gasteiger partial charge in [-0.3, -0.25) is 9.36 Å². The van der Waals surface area contributed by atoms with Crippen molar-refractivity contribution in [1.82, 2.24) is 14.8 Å². The van der Waals surface area contributed by atoms with E-state index in [1.54, 1.807) is 6.92 Å². The average Bonchev–Trinajstić information content (AvgIpc) is 2.89. The van der Waals surface area contributed by atoms with E-state index in [1.807, 2.05) is 6.92 Å². The van der Waals surface area contributed by atoms with Crippen molar-refractivity contribution in [2.24, 2.45) is 0 Å². The number of thioether (sulfide) groups is 1. The van der Waals surface area contributed by atoms with Gasteiger partial charge in [0, 0.05) is 12.2 Å². The van der Waals surface area contributed by atoms with E-state index in [9.17, 15) is 14.0 Å². The van der Waals surface area contributed by atoms with Crippen LogP contribution in [0.1, 0.15) is 26.7 Å². The summed E-state index contributed by atoms with van der Waals surface area (Å²) in [6.07, 6.45) is 1.80. The first kappa shape index (κ1) is 18.5. The van der Waals surface area contributed by atoms with Gasteiger partial charge in [0.05, 0.1) is 10.3 Å². The van der Waals surface area contributed by atoms with Crippen molar-refractivity contribution in [3.8, 4) is 0 Å². The first-order valence-corrected chi connectivity index (χ1v) is 8.76. The molecule has 130 valence electrons. The first-order chi connectivity index (χ1) is 11.4. The second-order valence-electron chi connectivity index (χ2n) is 5.19. The normalized spacial score (nSPS) is 12.2. The predicted octanol–water partition coefficient (Wildman–Crippen LogP) is 3.28. The molecule has 1 heterocycles. The molecule has 0 radical (unpaired) electrons. The number of benzene rings is 1. The summed E-state index contributed by atoms with van der Waals surface area (Å²) in [5.74, 6) is -0.839. The molecule has 0 aliphatic rings. The highest BCUT2D eigenvalue weighted by Crippen LogP contribution is 2.23. The molecular weight excluding hydrogens is 355 g/mol. The smallest absolute Gasteiger partial charge is 0.325 e. The lowest BCUT2D eigenvalue weighted by molar-refractivity contribution is -0.115. The molecule has 0 saturated heterocycles. The van der Waals surface area contributed by atoms with Gasteiger partial charge < -0.3 is 5.32 Å². The third-order valence-corrected chi connectivity index (χ3v) is 4.68. The van der Waals surface area contributed by atoms with Gasteiger partial charge in [-0.15, -0.1) is 5.10 Å². The monoisotopic (exact) mass is 372 g/mol. The number of halogens is 2. The Bertz CT molecular complexity index is 777. The zero-order chi connectivity index (χ0) is 17.7. The van der Waals surface area contributed by atoms with E-state index in [-0.39, 0.29) is 16.6 Å². The number of H-pyrrole nitrogens is 1. The Kier molecular flexibility index (Phi) is 6.44. The number of hydrogen-bond donors (Lipinski definition) is 2. The molecule has 0 aliphatic heterocycles. The van der Waals surface area contributed by atoms with Crippen molar-refractivity contribution in [2.75, 3.05) is 5.32 Å². The summed E-state index contributed by atoms with van der Waals surface area (Å²) >= 11 is 6.87. The second kappa shape index (κ2) is 8.34. The fourth-order valence-electron chi connectivity index (χ4n) is 1.94. The summed E-state index contributed by atoms with van der Waals surface area (Å²) in [5, 5.41) is 8.93. The lowest BCUT2D eigenvalue weighted by Crippen LogP contribution is -2.24. The SMILES string of the molecule is CCCCn1c(S[C@H](C)C(=O)Nc2ccc(F)c(Cl)c2)n[nH]c1=O. The lowest BCUT2D eigenvalue weighted by Gasteiger charge is -2.12. The number of anilines is 1. The number of aromatic nitrogens is 3. The maximum Gasteiger partial charge on any atom is 0.343 e. The van der Waals surface area contributed by atoms with E-state index in [2.05, 4.69) is 15.5 Å². The molecule has 2 rings (SSSR count). The second-order valence-corrected chi connectivity index (χ2v) is 6.91. The quantitative estimate of drug-likeness (QED) is 0.731. The zero-order valence-electron chi connectivity index (χ0n) is 13.3. The molecule has 6 nitrogen and oxygen atoms in total. The Hall–Kier alpha value is -1.80. The maximum atomic E-state index is 13.1. The van der Waals surface area contributed by atoms with Crippen LogP contribution in [0.2, 0.25) is 5.02 Å². The number of carbonyl (C=O) groups excluding carboxylic acids is 1. The van der Waals surface area contributed by atoms with E-state index in [0.717, 1.165) is 12.8 Å². The minimum absolute atomic E-state index is 0.0613. The van der Waals surface area contributed by atoms with Crippen LogP contribution in [0.25, 0.3) is 0 Å². The van der Waals surface area contributed by atoms with Crippen LogP contribution in [0.3, 0.4) is 0 Å². The topological polar surface area (TPSA) is 79.8 Å². The molecule has 0 saturated carbocycles. The molecule has 24 heavy (non-hydrogen) atoms. The van der Waals surface area contributed by atoms with Crippen molar-refractivity contribution in [2.45, 2.75) is 43.6 Å². The van der Waals surface area contributed by atoms with Gasteiger partial charge in [-0.05, 0) is 31.5 Å². The number of nitrogens with zero attached hydrogens (tertiary/aromatic N) is 2. The summed E-state index contributed by atoms with van der Waals surface area (Å²) in [5.41, 5.74) is 0.119. The average molecular weight is 373 g/mol. The van der Waals surface area contributed by atoms with E-state index in [0.29, 0.717) is 17.4 Å². The number of amides is 1. The van der Waals surface area contributed by atoms with Crippen LogP contribution in [0.5, 0.6) is 0 Å². The lowest BCUT2D eigenvalue weighted by atomic mass is 10.3. The van der Waals surface area contributed by atoms with Gasteiger partial charge in [-0.2, -0.15) is 0 Å². The summed E-state index contributed by atoms with van der Waals surface area (Å²) in [7, 11) is 0. The van der Waals surface area contributed by atoms with Crippen molar-refractivity contribution in [3.05, 3.63) is 39.5 Å². The highest BCUT2D eigenvalue weighted by Gasteiger charge is 2.19. The summed E-state index contributed by atoms with van der Waals surface area (Å²) in [6.45, 7) is 4.28. The van der Waals surface area contributed by atoms with E-state index < -0.39 is 11.1 Å². The Balaban J connectivity index is 2.03. The maximum absolute atomic E-state index is 13.1. The van der Waals surface area contributed by atoms with E-state index in [1.165, 1.54) is 34.5 Å². The van der Waals surface area contributed by atoms with Crippen LogP contribution in [0.15, 0.2) is 28.2 Å². The third-order valence-electron chi connectivity index (χ3n) is 3.30. The standard InChI is InChI=1S/C15H18ClFN4O2S/c1-3-4-7-21-14(23)19-20-15(21)24-9(2)13(22)18-10-5-6-12(17)11(16)8-10/h5-6,8-9H,3-4,7H2,1-2H3,(H,18,22)(H,19,23)/t9-/m1/s1. The van der Waals surface area contributed by atoms with Crippen LogP contribution in [-0.4, -0.2) is 25.9 Å². The van der Waals surface area contributed by atoms with Crippen LogP contribution in [0, 0.1) is 5.82 Å². The molecule has 1 atom stereocenters. The molecule has 0 unspecified atom stereocenters. The number of carbonyl (C=O) groups is 1. The fourth-order valence-corrected chi connectivity index (χ4v) is 3.00. The Labute approximate surface area is 147 Å². The van der Waals surface area contributed by atoms with Crippen molar-refractivity contribution in [3.63, 3.8) is 0 Å². The van der Waals surface area contributed by atoms with E-state index in [4.69, 9.17) is 11.6 Å². The predicted molar refractivity (Wildman–Crippen MR) is 93.1 cm³/mol. The van der Waals surface area contributed by atoms with Gasteiger partial charge >= 0.3 is 5.69 Å². The van der Waals surface area contributed by atoms with Gasteiger partial charge in [0.25, 0.3) is 0 Å². The Morgan fingerprint density at radius 2 is 2.29 bits per heavy atom. The van der Waals surface area contributed by atoms with Crippen LogP contribution < -0.4 is 11.0 Å². The highest BCUT2D eigenvalue weighted by atomic mass is 35.5. The number of rotatable bonds is 7. The minimum Gasteiger partial charge on any atom is -0.325 e. The molecule has 1 aromatic carbocycles. The highest BCUT2D eigenvalue weighted by molar-refractivity contribution is 8.00. The molecule has 0 bridgehead atoms. The first-order valence-electron chi connectivity index (χ1n) is 7.50. The van der Waals surface area contributed by atoms with Gasteiger partial charge in [0.2, 0.25) is 5.91 Å².